The molecule has 180 valence electrons. The lowest BCUT2D eigenvalue weighted by Gasteiger charge is -2.31. The van der Waals surface area contributed by atoms with Gasteiger partial charge in [-0.2, -0.15) is 9.29 Å². The fourth-order valence-electron chi connectivity index (χ4n) is 5.69. The zero-order chi connectivity index (χ0) is 23.5. The van der Waals surface area contributed by atoms with Gasteiger partial charge in [0.05, 0.1) is 10.3 Å². The number of rotatable bonds is 5. The maximum absolute atomic E-state index is 13.3. The van der Waals surface area contributed by atoms with Crippen molar-refractivity contribution in [2.24, 2.45) is 0 Å². The number of carbonyl (C=O) groups is 1. The number of hydrogen-bond donors (Lipinski definition) is 1. The van der Waals surface area contributed by atoms with Gasteiger partial charge in [0.15, 0.2) is 0 Å². The summed E-state index contributed by atoms with van der Waals surface area (Å²) in [5, 5.41) is 3.92. The van der Waals surface area contributed by atoms with Crippen molar-refractivity contribution >= 4 is 39.3 Å². The second kappa shape index (κ2) is 8.17. The van der Waals surface area contributed by atoms with Crippen molar-refractivity contribution < 1.29 is 13.2 Å². The van der Waals surface area contributed by atoms with Crippen LogP contribution in [0.15, 0.2) is 35.4 Å². The third-order valence-electron chi connectivity index (χ3n) is 7.82. The summed E-state index contributed by atoms with van der Waals surface area (Å²) in [7, 11) is -3.54. The van der Waals surface area contributed by atoms with E-state index in [0.717, 1.165) is 49.9 Å². The molecule has 1 N–H and O–H groups in total. The Morgan fingerprint density at radius 2 is 1.71 bits per heavy atom. The first-order valence-electron chi connectivity index (χ1n) is 12.1. The summed E-state index contributed by atoms with van der Waals surface area (Å²) in [4.78, 5) is 24.9. The van der Waals surface area contributed by atoms with E-state index in [9.17, 15) is 13.2 Å². The van der Waals surface area contributed by atoms with Gasteiger partial charge in [0.2, 0.25) is 21.9 Å². The Morgan fingerprint density at radius 3 is 2.35 bits per heavy atom. The summed E-state index contributed by atoms with van der Waals surface area (Å²) in [5.41, 5.74) is 0.608. The molecule has 8 nitrogen and oxygen atoms in total. The van der Waals surface area contributed by atoms with Gasteiger partial charge < -0.3 is 5.32 Å². The highest BCUT2D eigenvalue weighted by Gasteiger charge is 2.61. The van der Waals surface area contributed by atoms with E-state index in [0.29, 0.717) is 36.9 Å². The minimum Gasteiger partial charge on any atom is -0.351 e. The number of nitrogens with zero attached hydrogens (tertiary/aromatic N) is 4. The molecule has 4 aliphatic rings. The van der Waals surface area contributed by atoms with Crippen LogP contribution in [0.3, 0.4) is 0 Å². The molecule has 6 rings (SSSR count). The highest BCUT2D eigenvalue weighted by Crippen LogP contribution is 2.57. The molecule has 1 aromatic heterocycles. The summed E-state index contributed by atoms with van der Waals surface area (Å²) >= 11 is 5.90. The molecule has 3 fully saturated rings. The van der Waals surface area contributed by atoms with Crippen LogP contribution in [0.5, 0.6) is 0 Å². The van der Waals surface area contributed by atoms with Gasteiger partial charge in [0.1, 0.15) is 5.82 Å². The number of sulfonamides is 1. The van der Waals surface area contributed by atoms with Crippen LogP contribution < -0.4 is 10.2 Å². The van der Waals surface area contributed by atoms with Crippen LogP contribution >= 0.6 is 11.6 Å². The Labute approximate surface area is 204 Å². The number of aromatic nitrogens is 2. The van der Waals surface area contributed by atoms with Gasteiger partial charge in [-0.1, -0.05) is 24.4 Å². The topological polar surface area (TPSA) is 95.5 Å². The fourth-order valence-corrected chi connectivity index (χ4v) is 7.29. The molecule has 2 aliphatic heterocycles. The molecule has 0 unspecified atom stereocenters. The lowest BCUT2D eigenvalue weighted by molar-refractivity contribution is -0.120. The van der Waals surface area contributed by atoms with Crippen molar-refractivity contribution in [1.29, 1.82) is 0 Å². The standard InChI is InChI=1S/C24H28ClN5O3S/c25-16-5-7-19(8-6-16)34(32,33)29-13-9-17(10-14-29)27-23-26-15-20-21(28-23)30(18-3-1-2-4-18)22(31)24(20)11-12-24/h5-8,15,17-18H,1-4,9-14H2,(H,26,27,28). The third-order valence-corrected chi connectivity index (χ3v) is 9.98. The second-order valence-corrected chi connectivity index (χ2v) is 12.3. The molecule has 2 saturated carbocycles. The summed E-state index contributed by atoms with van der Waals surface area (Å²) in [6, 6.07) is 6.60. The summed E-state index contributed by atoms with van der Waals surface area (Å²) in [5.74, 6) is 1.52. The van der Waals surface area contributed by atoms with E-state index in [1.54, 1.807) is 24.3 Å². The number of amides is 1. The first-order chi connectivity index (χ1) is 16.4. The Morgan fingerprint density at radius 1 is 1.03 bits per heavy atom. The van der Waals surface area contributed by atoms with Crippen molar-refractivity contribution in [3.8, 4) is 0 Å². The minimum absolute atomic E-state index is 0.0710. The zero-order valence-electron chi connectivity index (χ0n) is 18.9. The van der Waals surface area contributed by atoms with Gasteiger partial charge in [-0.05, 0) is 62.8 Å². The molecule has 1 saturated heterocycles. The van der Waals surface area contributed by atoms with E-state index in [-0.39, 0.29) is 28.3 Å². The van der Waals surface area contributed by atoms with Crippen molar-refractivity contribution in [1.82, 2.24) is 14.3 Å². The summed E-state index contributed by atoms with van der Waals surface area (Å²) in [6.07, 6.45) is 9.31. The maximum atomic E-state index is 13.3. The number of piperidine rings is 1. The Balaban J connectivity index is 1.16. The van der Waals surface area contributed by atoms with Gasteiger partial charge in [-0.25, -0.2) is 13.4 Å². The predicted octanol–water partition coefficient (Wildman–Crippen LogP) is 3.72. The first-order valence-corrected chi connectivity index (χ1v) is 13.9. The smallest absolute Gasteiger partial charge is 0.243 e. The molecule has 34 heavy (non-hydrogen) atoms. The van der Waals surface area contributed by atoms with E-state index < -0.39 is 10.0 Å². The number of nitrogens with one attached hydrogen (secondary N) is 1. The van der Waals surface area contributed by atoms with E-state index in [1.165, 1.54) is 4.31 Å². The van der Waals surface area contributed by atoms with Crippen LogP contribution in [0.1, 0.15) is 56.9 Å². The minimum atomic E-state index is -3.54. The molecule has 2 aromatic rings. The quantitative estimate of drug-likeness (QED) is 0.671. The van der Waals surface area contributed by atoms with Gasteiger partial charge >= 0.3 is 0 Å². The van der Waals surface area contributed by atoms with Crippen molar-refractivity contribution in [3.05, 3.63) is 41.0 Å². The van der Waals surface area contributed by atoms with E-state index in [2.05, 4.69) is 10.3 Å². The zero-order valence-corrected chi connectivity index (χ0v) is 20.5. The van der Waals surface area contributed by atoms with Crippen molar-refractivity contribution in [3.63, 3.8) is 0 Å². The number of carbonyl (C=O) groups excluding carboxylic acids is 1. The molecular weight excluding hydrogens is 474 g/mol. The molecule has 0 radical (unpaired) electrons. The van der Waals surface area contributed by atoms with E-state index in [1.807, 2.05) is 11.1 Å². The number of anilines is 2. The third kappa shape index (κ3) is 3.60. The van der Waals surface area contributed by atoms with Crippen molar-refractivity contribution in [2.45, 2.75) is 73.8 Å². The van der Waals surface area contributed by atoms with Crippen LogP contribution in [-0.2, 0) is 20.2 Å². The number of fused-ring (bicyclic) bond motifs is 2. The maximum Gasteiger partial charge on any atom is 0.243 e. The SMILES string of the molecule is O=C1N(C2CCCC2)c2nc(NC3CCN(S(=O)(=O)c4ccc(Cl)cc4)CC3)ncc2C12CC2. The Bertz CT molecular complexity index is 1220. The van der Waals surface area contributed by atoms with Crippen LogP contribution in [0.25, 0.3) is 0 Å². The summed E-state index contributed by atoms with van der Waals surface area (Å²) < 4.78 is 27.4. The Kier molecular flexibility index (Phi) is 5.35. The monoisotopic (exact) mass is 501 g/mol. The van der Waals surface area contributed by atoms with E-state index in [4.69, 9.17) is 16.6 Å². The largest absolute Gasteiger partial charge is 0.351 e. The number of halogens is 1. The second-order valence-electron chi connectivity index (χ2n) is 9.90. The molecule has 0 atom stereocenters. The molecule has 3 heterocycles. The lowest BCUT2D eigenvalue weighted by atomic mass is 10.0. The van der Waals surface area contributed by atoms with Gasteiger partial charge in [0, 0.05) is 42.0 Å². The molecule has 1 amide bonds. The fraction of sp³-hybridized carbons (Fsp3) is 0.542. The van der Waals surface area contributed by atoms with Gasteiger partial charge in [0.25, 0.3) is 0 Å². The molecule has 1 spiro atoms. The van der Waals surface area contributed by atoms with E-state index >= 15 is 0 Å². The highest BCUT2D eigenvalue weighted by atomic mass is 35.5. The summed E-state index contributed by atoms with van der Waals surface area (Å²) in [6.45, 7) is 0.840. The normalized spacial score (nSPS) is 23.0. The molecule has 0 bridgehead atoms. The number of benzene rings is 1. The van der Waals surface area contributed by atoms with Gasteiger partial charge in [-0.15, -0.1) is 0 Å². The van der Waals surface area contributed by atoms with Crippen LogP contribution in [0.4, 0.5) is 11.8 Å². The van der Waals surface area contributed by atoms with Crippen LogP contribution in [0.2, 0.25) is 5.02 Å². The predicted molar refractivity (Wildman–Crippen MR) is 130 cm³/mol. The van der Waals surface area contributed by atoms with Gasteiger partial charge in [-0.3, -0.25) is 9.69 Å². The first kappa shape index (κ1) is 22.2. The molecular formula is C24H28ClN5O3S. The van der Waals surface area contributed by atoms with Crippen LogP contribution in [-0.4, -0.2) is 53.8 Å². The number of hydrogen-bond acceptors (Lipinski definition) is 6. The Hall–Kier alpha value is -2.23. The lowest BCUT2D eigenvalue weighted by Crippen LogP contribution is -2.42. The molecule has 2 aliphatic carbocycles. The highest BCUT2D eigenvalue weighted by molar-refractivity contribution is 7.89. The van der Waals surface area contributed by atoms with Crippen LogP contribution in [0, 0.1) is 0 Å². The average Bonchev–Trinajstić information content (AvgIpc) is 3.39. The van der Waals surface area contributed by atoms with Crippen molar-refractivity contribution in [2.75, 3.05) is 23.3 Å². The average molecular weight is 502 g/mol. The molecule has 10 heteroatoms. The molecule has 1 aromatic carbocycles.